The molecule has 0 aromatic carbocycles. The van der Waals surface area contributed by atoms with Gasteiger partial charge in [-0.3, -0.25) is 14.6 Å². The van der Waals surface area contributed by atoms with Crippen LogP contribution in [0.4, 0.5) is 0 Å². The molecule has 3 heterocycles. The van der Waals surface area contributed by atoms with Crippen LogP contribution >= 0.6 is 22.7 Å². The normalized spacial score (nSPS) is 20.7. The molecule has 0 saturated heterocycles. The lowest BCUT2D eigenvalue weighted by atomic mass is 9.92. The van der Waals surface area contributed by atoms with Crippen LogP contribution in [0.15, 0.2) is 6.20 Å². The van der Waals surface area contributed by atoms with Crippen molar-refractivity contribution in [3.05, 3.63) is 37.8 Å². The second-order valence-electron chi connectivity index (χ2n) is 8.77. The van der Waals surface area contributed by atoms with E-state index in [1.807, 2.05) is 15.9 Å². The highest BCUT2D eigenvalue weighted by Gasteiger charge is 2.22. The summed E-state index contributed by atoms with van der Waals surface area (Å²) >= 11 is 3.41. The molecule has 156 valence electrons. The van der Waals surface area contributed by atoms with E-state index in [0.29, 0.717) is 17.3 Å². The van der Waals surface area contributed by atoms with Crippen molar-refractivity contribution in [2.24, 2.45) is 11.8 Å². The smallest absolute Gasteiger partial charge is 0.194 e. The van der Waals surface area contributed by atoms with E-state index in [-0.39, 0.29) is 5.78 Å². The number of thiazole rings is 2. The lowest BCUT2D eigenvalue weighted by molar-refractivity contribution is -0.117. The number of carbonyl (C=O) groups excluding carboxylic acids is 1. The van der Waals surface area contributed by atoms with E-state index in [1.165, 1.54) is 58.2 Å². The summed E-state index contributed by atoms with van der Waals surface area (Å²) in [5.74, 6) is 1.65. The molecule has 7 heteroatoms. The molecule has 5 rings (SSSR count). The van der Waals surface area contributed by atoms with Crippen LogP contribution in [0.3, 0.4) is 0 Å². The van der Waals surface area contributed by atoms with Gasteiger partial charge in [0, 0.05) is 27.3 Å². The molecule has 0 spiro atoms. The Kier molecular flexibility index (Phi) is 5.80. The van der Waals surface area contributed by atoms with E-state index in [1.54, 1.807) is 11.8 Å². The van der Waals surface area contributed by atoms with Gasteiger partial charge in [-0.2, -0.15) is 0 Å². The first-order chi connectivity index (χ1) is 13.8. The molecule has 0 fully saturated rings. The topological polar surface area (TPSA) is 63.2 Å². The average Bonchev–Trinajstić information content (AvgIpc) is 3.27. The predicted octanol–water partition coefficient (Wildman–Crippen LogP) is 4.57. The number of rotatable bonds is 2. The molecule has 1 N–H and O–H groups in total. The number of imidazole rings is 1. The summed E-state index contributed by atoms with van der Waals surface area (Å²) in [6.07, 6.45) is 9.32. The van der Waals surface area contributed by atoms with Gasteiger partial charge in [-0.05, 0) is 64.2 Å². The number of aryl methyl sites for hydroxylation is 3. The molecule has 0 bridgehead atoms. The van der Waals surface area contributed by atoms with Gasteiger partial charge in [-0.15, -0.1) is 22.7 Å². The van der Waals surface area contributed by atoms with E-state index < -0.39 is 0 Å². The van der Waals surface area contributed by atoms with Gasteiger partial charge in [0.25, 0.3) is 0 Å². The first-order valence-corrected chi connectivity index (χ1v) is 12.2. The number of carbonyl (C=O) groups is 1. The Morgan fingerprint density at radius 2 is 1.76 bits per heavy atom. The summed E-state index contributed by atoms with van der Waals surface area (Å²) in [5, 5.41) is 7.86. The average molecular weight is 431 g/mol. The van der Waals surface area contributed by atoms with E-state index in [0.717, 1.165) is 24.5 Å². The van der Waals surface area contributed by atoms with Gasteiger partial charge in [0.15, 0.2) is 9.76 Å². The number of nitrogens with zero attached hydrogens (tertiary/aromatic N) is 3. The van der Waals surface area contributed by atoms with E-state index in [2.05, 4.69) is 36.4 Å². The molecule has 3 aromatic rings. The van der Waals surface area contributed by atoms with Gasteiger partial charge in [-0.25, -0.2) is 4.98 Å². The number of Topliss-reactive ketones (excluding diaryl/α,β-unsaturated/α-hetero) is 1. The fourth-order valence-corrected chi connectivity index (χ4v) is 6.62. The Morgan fingerprint density at radius 1 is 1.14 bits per heavy atom. The van der Waals surface area contributed by atoms with Crippen LogP contribution in [0.2, 0.25) is 0 Å². The Balaban J connectivity index is 0.000000141. The highest BCUT2D eigenvalue weighted by molar-refractivity contribution is 7.17. The van der Waals surface area contributed by atoms with Crippen molar-refractivity contribution in [1.29, 1.82) is 5.41 Å². The zero-order valence-corrected chi connectivity index (χ0v) is 19.4. The minimum Gasteiger partial charge on any atom is -0.314 e. The third-order valence-electron chi connectivity index (χ3n) is 5.93. The van der Waals surface area contributed by atoms with Crippen LogP contribution in [-0.2, 0) is 37.0 Å². The number of nitrogens with one attached hydrogen (secondary N) is 1. The lowest BCUT2D eigenvalue weighted by Crippen LogP contribution is -2.23. The maximum absolute atomic E-state index is 11.1. The maximum Gasteiger partial charge on any atom is 0.194 e. The molecular weight excluding hydrogens is 400 g/mol. The van der Waals surface area contributed by atoms with Gasteiger partial charge in [0.05, 0.1) is 12.2 Å². The summed E-state index contributed by atoms with van der Waals surface area (Å²) < 4.78 is 4.18. The Labute approximate surface area is 179 Å². The van der Waals surface area contributed by atoms with Crippen molar-refractivity contribution in [3.63, 3.8) is 0 Å². The van der Waals surface area contributed by atoms with Crippen molar-refractivity contribution in [3.8, 4) is 0 Å². The number of aromatic nitrogens is 3. The first-order valence-electron chi connectivity index (χ1n) is 10.5. The minimum atomic E-state index is 0.132. The third-order valence-corrected chi connectivity index (χ3v) is 8.18. The highest BCUT2D eigenvalue weighted by Crippen LogP contribution is 2.32. The molecule has 0 radical (unpaired) electrons. The largest absolute Gasteiger partial charge is 0.314 e. The molecule has 0 amide bonds. The van der Waals surface area contributed by atoms with Crippen LogP contribution in [0.5, 0.6) is 0 Å². The molecule has 2 atom stereocenters. The van der Waals surface area contributed by atoms with Crippen LogP contribution in [0.1, 0.15) is 60.4 Å². The second kappa shape index (κ2) is 8.19. The monoisotopic (exact) mass is 430 g/mol. The molecule has 5 nitrogen and oxygen atoms in total. The van der Waals surface area contributed by atoms with Crippen LogP contribution in [-0.4, -0.2) is 19.7 Å². The van der Waals surface area contributed by atoms with Crippen LogP contribution < -0.4 is 4.80 Å². The minimum absolute atomic E-state index is 0.132. The quantitative estimate of drug-likeness (QED) is 0.647. The van der Waals surface area contributed by atoms with Crippen molar-refractivity contribution >= 4 is 33.4 Å². The molecule has 0 saturated carbocycles. The second-order valence-corrected chi connectivity index (χ2v) is 10.9. The van der Waals surface area contributed by atoms with Crippen molar-refractivity contribution in [1.82, 2.24) is 14.0 Å². The summed E-state index contributed by atoms with van der Waals surface area (Å²) in [5.41, 5.74) is 3.89. The number of fused-ring (bicyclic) bond motifs is 4. The summed E-state index contributed by atoms with van der Waals surface area (Å²) in [7, 11) is 0. The van der Waals surface area contributed by atoms with Gasteiger partial charge in [0.2, 0.25) is 0 Å². The van der Waals surface area contributed by atoms with Gasteiger partial charge < -0.3 is 4.57 Å². The SMILES string of the molecule is CC(=O)Cn1c2c(sc1=N)CCC(C)C2.Cc1cn2c3c(sc2n1)CCC(C)C3. The summed E-state index contributed by atoms with van der Waals surface area (Å²) in [4.78, 5) is 20.2. The number of hydrogen-bond acceptors (Lipinski definition) is 5. The Bertz CT molecular complexity index is 1100. The number of ketones is 1. The molecule has 2 unspecified atom stereocenters. The van der Waals surface area contributed by atoms with Gasteiger partial charge >= 0.3 is 0 Å². The number of hydrogen-bond donors (Lipinski definition) is 1. The fraction of sp³-hybridized carbons (Fsp3) is 0.591. The Hall–Kier alpha value is -1.73. The van der Waals surface area contributed by atoms with Gasteiger partial charge in [-0.1, -0.05) is 13.8 Å². The highest BCUT2D eigenvalue weighted by atomic mass is 32.1. The predicted molar refractivity (Wildman–Crippen MR) is 119 cm³/mol. The van der Waals surface area contributed by atoms with Crippen LogP contribution in [0, 0.1) is 24.2 Å². The molecule has 3 aromatic heterocycles. The zero-order chi connectivity index (χ0) is 20.7. The van der Waals surface area contributed by atoms with E-state index in [4.69, 9.17) is 5.41 Å². The third kappa shape index (κ3) is 4.26. The zero-order valence-electron chi connectivity index (χ0n) is 17.7. The lowest BCUT2D eigenvalue weighted by Gasteiger charge is -2.19. The Morgan fingerprint density at radius 3 is 2.41 bits per heavy atom. The standard InChI is InChI=1S/C11H16N2OS.C11H14N2S/c1-7-3-4-10-9(5-7)13(6-8(2)14)11(12)15-10;1-7-3-4-10-9(5-7)13-6-8(2)12-11(13)14-10/h7,12H,3-6H2,1-2H3;6-7H,3-5H2,1-2H3. The molecule has 2 aliphatic carbocycles. The van der Waals surface area contributed by atoms with Crippen molar-refractivity contribution < 1.29 is 4.79 Å². The van der Waals surface area contributed by atoms with Gasteiger partial charge in [0.1, 0.15) is 5.78 Å². The fourth-order valence-electron chi connectivity index (χ4n) is 4.38. The molecule has 0 aliphatic heterocycles. The van der Waals surface area contributed by atoms with Crippen LogP contribution in [0.25, 0.3) is 4.96 Å². The van der Waals surface area contributed by atoms with E-state index in [9.17, 15) is 4.79 Å². The first kappa shape index (κ1) is 20.5. The maximum atomic E-state index is 11.1. The van der Waals surface area contributed by atoms with Crippen molar-refractivity contribution in [2.45, 2.75) is 72.8 Å². The summed E-state index contributed by atoms with van der Waals surface area (Å²) in [6, 6.07) is 0. The summed E-state index contributed by atoms with van der Waals surface area (Å²) in [6.45, 7) is 8.61. The molecule has 2 aliphatic rings. The van der Waals surface area contributed by atoms with E-state index >= 15 is 0 Å². The molecular formula is C22H30N4OS2. The molecule has 29 heavy (non-hydrogen) atoms. The van der Waals surface area contributed by atoms with Crippen molar-refractivity contribution in [2.75, 3.05) is 0 Å².